The Morgan fingerprint density at radius 2 is 1.89 bits per heavy atom. The van der Waals surface area contributed by atoms with Gasteiger partial charge in [0.1, 0.15) is 15.7 Å². The minimum Gasteiger partial charge on any atom is -0.378 e. The predicted octanol–water partition coefficient (Wildman–Crippen LogP) is 4.61. The Labute approximate surface area is 224 Å². The number of hydrogen-bond acceptors (Lipinski definition) is 10. The number of hydrogen-bond donors (Lipinski definition) is 0. The summed E-state index contributed by atoms with van der Waals surface area (Å²) in [5.74, 6) is 1.50. The van der Waals surface area contributed by atoms with Crippen LogP contribution >= 0.6 is 34.9 Å². The molecule has 1 amide bonds. The lowest BCUT2D eigenvalue weighted by Gasteiger charge is -2.36. The Kier molecular flexibility index (Phi) is 7.65. The molecule has 2 aliphatic rings. The van der Waals surface area contributed by atoms with Crippen molar-refractivity contribution in [2.75, 3.05) is 56.3 Å². The Morgan fingerprint density at radius 3 is 2.58 bits per heavy atom. The van der Waals surface area contributed by atoms with E-state index in [0.29, 0.717) is 38.7 Å². The van der Waals surface area contributed by atoms with Crippen LogP contribution < -0.4 is 4.90 Å². The van der Waals surface area contributed by atoms with Gasteiger partial charge in [0, 0.05) is 43.5 Å². The van der Waals surface area contributed by atoms with Crippen LogP contribution in [0.3, 0.4) is 0 Å². The predicted molar refractivity (Wildman–Crippen MR) is 149 cm³/mol. The molecule has 11 heteroatoms. The summed E-state index contributed by atoms with van der Waals surface area (Å²) in [4.78, 5) is 32.9. The molecule has 0 aliphatic carbocycles. The molecule has 8 nitrogen and oxygen atoms in total. The molecule has 1 saturated heterocycles. The number of thioether (sulfide) groups is 2. The monoisotopic (exact) mass is 547 g/mol. The lowest BCUT2D eigenvalue weighted by molar-refractivity contribution is -0.127. The fraction of sp³-hybridized carbons (Fsp3) is 0.600. The van der Waals surface area contributed by atoms with E-state index < -0.39 is 0 Å². The third kappa shape index (κ3) is 4.92. The second kappa shape index (κ2) is 10.6. The van der Waals surface area contributed by atoms with Crippen molar-refractivity contribution >= 4 is 67.0 Å². The number of nitrogens with zero attached hydrogens (tertiary/aromatic N) is 5. The molecule has 36 heavy (non-hydrogen) atoms. The Hall–Kier alpha value is -1.66. The molecule has 1 fully saturated rings. The summed E-state index contributed by atoms with van der Waals surface area (Å²) >= 11 is 4.68. The van der Waals surface area contributed by atoms with Crippen molar-refractivity contribution in [2.45, 2.75) is 56.5 Å². The van der Waals surface area contributed by atoms with Crippen LogP contribution in [0.4, 0.5) is 5.82 Å². The largest absolute Gasteiger partial charge is 0.378 e. The first-order valence-corrected chi connectivity index (χ1v) is 15.4. The Balaban J connectivity index is 1.66. The van der Waals surface area contributed by atoms with Gasteiger partial charge in [-0.15, -0.1) is 11.3 Å². The second-order valence-corrected chi connectivity index (χ2v) is 12.3. The van der Waals surface area contributed by atoms with Crippen LogP contribution in [0.15, 0.2) is 10.2 Å². The van der Waals surface area contributed by atoms with Crippen LogP contribution in [0.2, 0.25) is 0 Å². The maximum Gasteiger partial charge on any atom is 0.232 e. The van der Waals surface area contributed by atoms with Gasteiger partial charge in [-0.1, -0.05) is 23.5 Å². The molecule has 5 heterocycles. The number of anilines is 1. The van der Waals surface area contributed by atoms with Crippen molar-refractivity contribution in [1.82, 2.24) is 19.9 Å². The highest BCUT2D eigenvalue weighted by Crippen LogP contribution is 2.45. The maximum atomic E-state index is 12.7. The molecule has 3 aromatic heterocycles. The zero-order valence-corrected chi connectivity index (χ0v) is 24.0. The number of fused-ring (bicyclic) bond motifs is 5. The number of amides is 1. The summed E-state index contributed by atoms with van der Waals surface area (Å²) < 4.78 is 12.9. The fourth-order valence-corrected chi connectivity index (χ4v) is 7.41. The molecule has 3 aromatic rings. The topological polar surface area (TPSA) is 80.7 Å². The number of aromatic nitrogens is 3. The molecule has 0 saturated carbocycles. The number of morpholine rings is 1. The summed E-state index contributed by atoms with van der Waals surface area (Å²) in [5.41, 5.74) is 3.13. The lowest BCUT2D eigenvalue weighted by Crippen LogP contribution is -2.39. The number of thiophene rings is 1. The highest BCUT2D eigenvalue weighted by molar-refractivity contribution is 8.00. The zero-order valence-electron chi connectivity index (χ0n) is 21.5. The normalized spacial score (nSPS) is 17.5. The van der Waals surface area contributed by atoms with Gasteiger partial charge in [-0.2, -0.15) is 0 Å². The first-order chi connectivity index (χ1) is 17.3. The Bertz CT molecular complexity index is 1290. The number of ether oxygens (including phenoxy) is 2. The van der Waals surface area contributed by atoms with Gasteiger partial charge in [-0.3, -0.25) is 4.79 Å². The van der Waals surface area contributed by atoms with E-state index >= 15 is 0 Å². The first-order valence-electron chi connectivity index (χ1n) is 12.4. The lowest BCUT2D eigenvalue weighted by atomic mass is 9.90. The maximum absolute atomic E-state index is 12.7. The Morgan fingerprint density at radius 1 is 1.14 bits per heavy atom. The van der Waals surface area contributed by atoms with Gasteiger partial charge >= 0.3 is 0 Å². The van der Waals surface area contributed by atoms with Gasteiger partial charge in [-0.05, 0) is 39.5 Å². The minimum absolute atomic E-state index is 0.132. The van der Waals surface area contributed by atoms with Crippen molar-refractivity contribution in [3.8, 4) is 0 Å². The summed E-state index contributed by atoms with van der Waals surface area (Å²) in [6, 6.07) is 0. The number of pyridine rings is 1. The third-order valence-corrected chi connectivity index (χ3v) is 9.47. The van der Waals surface area contributed by atoms with E-state index in [2.05, 4.69) is 18.7 Å². The summed E-state index contributed by atoms with van der Waals surface area (Å²) in [6.07, 6.45) is 2.79. The van der Waals surface area contributed by atoms with Gasteiger partial charge in [-0.25, -0.2) is 15.0 Å². The van der Waals surface area contributed by atoms with E-state index in [0.717, 1.165) is 55.9 Å². The van der Waals surface area contributed by atoms with Crippen molar-refractivity contribution < 1.29 is 14.3 Å². The number of carbonyl (C=O) groups is 1. The third-order valence-electron chi connectivity index (χ3n) is 6.76. The van der Waals surface area contributed by atoms with Crippen LogP contribution in [0.25, 0.3) is 20.4 Å². The summed E-state index contributed by atoms with van der Waals surface area (Å²) in [6.45, 7) is 13.3. The van der Waals surface area contributed by atoms with E-state index in [1.165, 1.54) is 34.7 Å². The van der Waals surface area contributed by atoms with Crippen LogP contribution in [0.1, 0.15) is 38.8 Å². The highest BCUT2D eigenvalue weighted by Gasteiger charge is 2.33. The molecule has 0 aromatic carbocycles. The fourth-order valence-electron chi connectivity index (χ4n) is 4.84. The van der Waals surface area contributed by atoms with Crippen molar-refractivity contribution in [2.24, 2.45) is 0 Å². The summed E-state index contributed by atoms with van der Waals surface area (Å²) in [5, 5.41) is 2.70. The van der Waals surface area contributed by atoms with Crippen LogP contribution in [0, 0.1) is 0 Å². The van der Waals surface area contributed by atoms with Gasteiger partial charge in [0.2, 0.25) is 5.91 Å². The van der Waals surface area contributed by atoms with Crippen molar-refractivity contribution in [3.63, 3.8) is 0 Å². The van der Waals surface area contributed by atoms with Gasteiger partial charge in [0.15, 0.2) is 5.16 Å². The molecule has 5 rings (SSSR count). The first kappa shape index (κ1) is 26.0. The van der Waals surface area contributed by atoms with Gasteiger partial charge < -0.3 is 19.3 Å². The SMILES string of the molecule is CCN(CC)C(=O)CSc1nc(SC)nc2c1sc1nc(N3CCOCC3)c3c(c12)CC(C)(C)OC3. The average Bonchev–Trinajstić information content (AvgIpc) is 3.26. The molecule has 2 aliphatic heterocycles. The van der Waals surface area contributed by atoms with Crippen LogP contribution in [-0.4, -0.2) is 82.8 Å². The molecule has 0 radical (unpaired) electrons. The minimum atomic E-state index is -0.263. The smallest absolute Gasteiger partial charge is 0.232 e. The van der Waals surface area contributed by atoms with Crippen LogP contribution in [-0.2, 0) is 27.3 Å². The standard InChI is InChI=1S/C25H33N5O3S3/c1-6-29(7-2)17(31)14-35-23-20-19(26-24(28-23)34-5)18-15-12-25(3,4)33-13-16(15)21(27-22(18)36-20)30-8-10-32-11-9-30/h6-14H2,1-5H3. The molecule has 0 bridgehead atoms. The van der Waals surface area contributed by atoms with Gasteiger partial charge in [0.25, 0.3) is 0 Å². The van der Waals surface area contributed by atoms with Crippen LogP contribution in [0.5, 0.6) is 0 Å². The molecule has 0 atom stereocenters. The van der Waals surface area contributed by atoms with Crippen molar-refractivity contribution in [1.29, 1.82) is 0 Å². The van der Waals surface area contributed by atoms with E-state index in [1.54, 1.807) is 11.3 Å². The van der Waals surface area contributed by atoms with Gasteiger partial charge in [0.05, 0.1) is 41.4 Å². The highest BCUT2D eigenvalue weighted by atomic mass is 32.2. The zero-order chi connectivity index (χ0) is 25.4. The van der Waals surface area contributed by atoms with Crippen molar-refractivity contribution in [3.05, 3.63) is 11.1 Å². The summed E-state index contributed by atoms with van der Waals surface area (Å²) in [7, 11) is 0. The second-order valence-electron chi connectivity index (χ2n) is 9.55. The number of rotatable bonds is 7. The van der Waals surface area contributed by atoms with E-state index in [-0.39, 0.29) is 11.5 Å². The van der Waals surface area contributed by atoms with E-state index in [9.17, 15) is 4.79 Å². The molecule has 194 valence electrons. The molecular formula is C25H33N5O3S3. The van der Waals surface area contributed by atoms with E-state index in [1.807, 2.05) is 25.0 Å². The van der Waals surface area contributed by atoms with E-state index in [4.69, 9.17) is 24.4 Å². The molecular weight excluding hydrogens is 515 g/mol. The molecule has 0 N–H and O–H groups in total. The quantitative estimate of drug-likeness (QED) is 0.239. The number of carbonyl (C=O) groups excluding carboxylic acids is 1. The molecule has 0 unspecified atom stereocenters. The molecule has 0 spiro atoms. The average molecular weight is 548 g/mol.